The summed E-state index contributed by atoms with van der Waals surface area (Å²) < 4.78 is 0. The minimum atomic E-state index is 0.576. The second-order valence-electron chi connectivity index (χ2n) is 6.70. The Kier molecular flexibility index (Phi) is 6.05. The molecule has 0 amide bonds. The average Bonchev–Trinajstić information content (AvgIpc) is 2.62. The van der Waals surface area contributed by atoms with Crippen LogP contribution in [-0.4, -0.2) is 5.16 Å². The largest absolute Gasteiger partial charge is 0.195 e. The Morgan fingerprint density at radius 3 is 2.36 bits per heavy atom. The Labute approximate surface area is 160 Å². The van der Waals surface area contributed by atoms with Crippen LogP contribution in [0.3, 0.4) is 0 Å². The number of aliphatic imine (C=N–C) groups is 1. The van der Waals surface area contributed by atoms with Crippen LogP contribution in [-0.2, 0) is 0 Å². The van der Waals surface area contributed by atoms with Gasteiger partial charge in [-0.2, -0.15) is 4.99 Å². The highest BCUT2D eigenvalue weighted by Crippen LogP contribution is 2.35. The predicted molar refractivity (Wildman–Crippen MR) is 109 cm³/mol. The summed E-state index contributed by atoms with van der Waals surface area (Å²) in [6.45, 7) is 2.36. The Morgan fingerprint density at radius 2 is 1.72 bits per heavy atom. The lowest BCUT2D eigenvalue weighted by Gasteiger charge is -2.26. The first-order chi connectivity index (χ1) is 12.2. The van der Waals surface area contributed by atoms with Crippen molar-refractivity contribution in [3.05, 3.63) is 64.2 Å². The van der Waals surface area contributed by atoms with E-state index >= 15 is 0 Å². The van der Waals surface area contributed by atoms with Gasteiger partial charge in [-0.3, -0.25) is 0 Å². The molecule has 126 valence electrons. The molecule has 0 saturated heterocycles. The Morgan fingerprint density at radius 1 is 1.00 bits per heavy atom. The van der Waals surface area contributed by atoms with Gasteiger partial charge in [0, 0.05) is 11.1 Å². The number of halogens is 1. The molecule has 1 aliphatic carbocycles. The Hall–Kier alpha value is -1.91. The topological polar surface area (TPSA) is 12.4 Å². The average molecular weight is 366 g/mol. The van der Waals surface area contributed by atoms with Crippen molar-refractivity contribution in [1.82, 2.24) is 0 Å². The van der Waals surface area contributed by atoms with Crippen LogP contribution < -0.4 is 0 Å². The van der Waals surface area contributed by atoms with Gasteiger partial charge in [0.2, 0.25) is 0 Å². The molecule has 0 bridgehead atoms. The summed E-state index contributed by atoms with van der Waals surface area (Å²) in [6.07, 6.45) is 5.29. The third-order valence-electron chi connectivity index (χ3n) is 4.87. The van der Waals surface area contributed by atoms with Crippen LogP contribution in [0.4, 0.5) is 5.69 Å². The molecule has 1 aliphatic rings. The number of benzene rings is 2. The molecule has 2 aromatic rings. The number of isothiocyanates is 1. The molecule has 25 heavy (non-hydrogen) atoms. The molecule has 0 radical (unpaired) electrons. The highest BCUT2D eigenvalue weighted by Gasteiger charge is 2.19. The van der Waals surface area contributed by atoms with Crippen molar-refractivity contribution < 1.29 is 0 Å². The van der Waals surface area contributed by atoms with Gasteiger partial charge >= 0.3 is 0 Å². The fraction of sp³-hybridized carbons (Fsp3) is 0.318. The van der Waals surface area contributed by atoms with Gasteiger partial charge in [0.15, 0.2) is 0 Å². The van der Waals surface area contributed by atoms with E-state index in [2.05, 4.69) is 65.4 Å². The van der Waals surface area contributed by atoms with Gasteiger partial charge in [0.1, 0.15) is 0 Å². The van der Waals surface area contributed by atoms with Crippen LogP contribution in [0.2, 0.25) is 5.02 Å². The normalized spacial score (nSPS) is 19.4. The smallest absolute Gasteiger partial charge is 0.0755 e. The van der Waals surface area contributed by atoms with Crippen molar-refractivity contribution >= 4 is 34.7 Å². The lowest BCUT2D eigenvalue weighted by atomic mass is 9.79. The van der Waals surface area contributed by atoms with Crippen LogP contribution in [0.5, 0.6) is 0 Å². The third kappa shape index (κ3) is 4.80. The fourth-order valence-electron chi connectivity index (χ4n) is 3.30. The number of thiocarbonyl (C=S) groups is 1. The summed E-state index contributed by atoms with van der Waals surface area (Å²) in [5.41, 5.74) is 3.93. The minimum absolute atomic E-state index is 0.576. The summed E-state index contributed by atoms with van der Waals surface area (Å²) in [5, 5.41) is 2.91. The molecule has 0 aliphatic heterocycles. The maximum Gasteiger partial charge on any atom is 0.0755 e. The van der Waals surface area contributed by atoms with Crippen molar-refractivity contribution in [2.75, 3.05) is 0 Å². The maximum atomic E-state index is 6.25. The lowest BCUT2D eigenvalue weighted by Crippen LogP contribution is -2.10. The van der Waals surface area contributed by atoms with Crippen LogP contribution in [0.1, 0.15) is 55.2 Å². The van der Waals surface area contributed by atoms with Crippen molar-refractivity contribution in [3.8, 4) is 11.8 Å². The fourth-order valence-corrected chi connectivity index (χ4v) is 3.63. The molecule has 0 heterocycles. The Balaban J connectivity index is 1.72. The maximum absolute atomic E-state index is 6.25. The molecule has 0 unspecified atom stereocenters. The van der Waals surface area contributed by atoms with Gasteiger partial charge in [-0.1, -0.05) is 55.3 Å². The van der Waals surface area contributed by atoms with Gasteiger partial charge in [-0.25, -0.2) is 0 Å². The van der Waals surface area contributed by atoms with E-state index < -0.39 is 0 Å². The van der Waals surface area contributed by atoms with Gasteiger partial charge in [-0.15, -0.1) is 0 Å². The van der Waals surface area contributed by atoms with Crippen LogP contribution in [0, 0.1) is 17.8 Å². The lowest BCUT2D eigenvalue weighted by molar-refractivity contribution is 0.348. The van der Waals surface area contributed by atoms with Gasteiger partial charge in [-0.05, 0) is 72.8 Å². The molecule has 0 aromatic heterocycles. The number of hydrogen-bond acceptors (Lipinski definition) is 2. The second-order valence-corrected chi connectivity index (χ2v) is 7.29. The highest BCUT2D eigenvalue weighted by atomic mass is 35.5. The van der Waals surface area contributed by atoms with E-state index in [1.54, 1.807) is 6.07 Å². The van der Waals surface area contributed by atoms with Gasteiger partial charge < -0.3 is 0 Å². The highest BCUT2D eigenvalue weighted by molar-refractivity contribution is 7.78. The molecule has 1 fully saturated rings. The summed E-state index contributed by atoms with van der Waals surface area (Å²) in [4.78, 5) is 3.92. The molecule has 0 N–H and O–H groups in total. The molecule has 1 saturated carbocycles. The van der Waals surface area contributed by atoms with E-state index in [4.69, 9.17) is 11.6 Å². The van der Waals surface area contributed by atoms with Crippen LogP contribution in [0.15, 0.2) is 47.5 Å². The van der Waals surface area contributed by atoms with Crippen molar-refractivity contribution in [2.24, 2.45) is 10.9 Å². The number of hydrogen-bond donors (Lipinski definition) is 0. The predicted octanol–water partition coefficient (Wildman–Crippen LogP) is 6.77. The van der Waals surface area contributed by atoms with Gasteiger partial charge in [0.05, 0.1) is 15.9 Å². The van der Waals surface area contributed by atoms with Crippen LogP contribution >= 0.6 is 23.8 Å². The molecular weight excluding hydrogens is 346 g/mol. The number of rotatable bonds is 2. The first-order valence-corrected chi connectivity index (χ1v) is 9.43. The summed E-state index contributed by atoms with van der Waals surface area (Å²) in [7, 11) is 0. The van der Waals surface area contributed by atoms with Gasteiger partial charge in [0.25, 0.3) is 0 Å². The summed E-state index contributed by atoms with van der Waals surface area (Å²) >= 11 is 10.8. The summed E-state index contributed by atoms with van der Waals surface area (Å²) in [5.74, 6) is 7.91. The van der Waals surface area contributed by atoms with E-state index in [0.29, 0.717) is 16.6 Å². The van der Waals surface area contributed by atoms with E-state index in [0.717, 1.165) is 17.0 Å². The van der Waals surface area contributed by atoms with E-state index in [1.807, 2.05) is 12.1 Å². The second kappa shape index (κ2) is 8.45. The SMILES string of the molecule is CC1CCC(c2ccc(C#Cc3ccc(N=C=S)cc3Cl)cc2)CC1. The first kappa shape index (κ1) is 17.9. The van der Waals surface area contributed by atoms with E-state index in [9.17, 15) is 0 Å². The zero-order chi connectivity index (χ0) is 17.6. The Bertz CT molecular complexity index is 846. The standard InChI is InChI=1S/C22H20ClNS/c1-16-2-7-18(8-3-16)19-9-4-17(5-10-19)6-11-20-12-13-21(24-15-25)14-22(20)23/h4-5,9-10,12-14,16,18H,2-3,7-8H2,1H3. The molecule has 2 aromatic carbocycles. The van der Waals surface area contributed by atoms with Crippen molar-refractivity contribution in [2.45, 2.75) is 38.5 Å². The molecular formula is C22H20ClNS. The molecule has 1 nitrogen and oxygen atoms in total. The third-order valence-corrected chi connectivity index (χ3v) is 5.27. The quantitative estimate of drug-likeness (QED) is 0.325. The monoisotopic (exact) mass is 365 g/mol. The van der Waals surface area contributed by atoms with Crippen LogP contribution in [0.25, 0.3) is 0 Å². The van der Waals surface area contributed by atoms with E-state index in [1.165, 1.54) is 31.2 Å². The zero-order valence-electron chi connectivity index (χ0n) is 14.3. The summed E-state index contributed by atoms with van der Waals surface area (Å²) in [6, 6.07) is 14.1. The molecule has 0 spiro atoms. The first-order valence-electron chi connectivity index (χ1n) is 8.65. The zero-order valence-corrected chi connectivity index (χ0v) is 15.8. The number of nitrogens with zero attached hydrogens (tertiary/aromatic N) is 1. The molecule has 3 rings (SSSR count). The van der Waals surface area contributed by atoms with Crippen molar-refractivity contribution in [1.29, 1.82) is 0 Å². The molecule has 3 heteroatoms. The molecule has 0 atom stereocenters. The minimum Gasteiger partial charge on any atom is -0.195 e. The van der Waals surface area contributed by atoms with Crippen molar-refractivity contribution in [3.63, 3.8) is 0 Å². The van der Waals surface area contributed by atoms with E-state index in [-0.39, 0.29) is 0 Å².